The van der Waals surface area contributed by atoms with Crippen LogP contribution in [0.2, 0.25) is 0 Å². The zero-order valence-corrected chi connectivity index (χ0v) is 11.2. The van der Waals surface area contributed by atoms with Crippen LogP contribution < -0.4 is 5.32 Å². The van der Waals surface area contributed by atoms with E-state index in [1.54, 1.807) is 0 Å². The van der Waals surface area contributed by atoms with Crippen LogP contribution in [0, 0.1) is 11.8 Å². The quantitative estimate of drug-likeness (QED) is 0.797. The minimum absolute atomic E-state index is 0.105. The molecule has 1 amide bonds. The van der Waals surface area contributed by atoms with Crippen molar-refractivity contribution in [1.29, 1.82) is 0 Å². The lowest BCUT2D eigenvalue weighted by Crippen LogP contribution is -2.33. The number of amides is 1. The number of carbonyl (C=O) groups excluding carboxylic acids is 1. The van der Waals surface area contributed by atoms with E-state index in [4.69, 9.17) is 0 Å². The Morgan fingerprint density at radius 1 is 1.41 bits per heavy atom. The molecule has 3 nitrogen and oxygen atoms in total. The van der Waals surface area contributed by atoms with Crippen LogP contribution in [-0.2, 0) is 4.79 Å². The zero-order valence-electron chi connectivity index (χ0n) is 11.2. The van der Waals surface area contributed by atoms with Crippen molar-refractivity contribution in [3.8, 4) is 0 Å². The molecule has 0 bridgehead atoms. The van der Waals surface area contributed by atoms with Gasteiger partial charge in [-0.2, -0.15) is 0 Å². The van der Waals surface area contributed by atoms with Crippen molar-refractivity contribution in [1.82, 2.24) is 10.2 Å². The minimum atomic E-state index is 0.105. The number of nitrogens with one attached hydrogen (secondary N) is 1. The van der Waals surface area contributed by atoms with E-state index in [0.717, 1.165) is 37.9 Å². The van der Waals surface area contributed by atoms with Crippen molar-refractivity contribution in [3.05, 3.63) is 0 Å². The Bertz CT molecular complexity index is 267. The van der Waals surface area contributed by atoms with Crippen LogP contribution in [0.15, 0.2) is 0 Å². The fourth-order valence-corrected chi connectivity index (χ4v) is 3.20. The maximum Gasteiger partial charge on any atom is 0.240 e. The number of rotatable bonds is 5. The van der Waals surface area contributed by atoms with Gasteiger partial charge < -0.3 is 4.90 Å². The molecule has 2 aliphatic rings. The first kappa shape index (κ1) is 12.9. The second kappa shape index (κ2) is 5.85. The molecule has 1 N–H and O–H groups in total. The number of nitrogens with zero attached hydrogens (tertiary/aromatic N) is 1. The Balaban J connectivity index is 1.77. The fraction of sp³-hybridized carbons (Fsp3) is 0.929. The van der Waals surface area contributed by atoms with Gasteiger partial charge in [0, 0.05) is 6.54 Å². The smallest absolute Gasteiger partial charge is 0.240 e. The van der Waals surface area contributed by atoms with Gasteiger partial charge in [-0.3, -0.25) is 10.1 Å². The van der Waals surface area contributed by atoms with Gasteiger partial charge in [-0.1, -0.05) is 33.1 Å². The average Bonchev–Trinajstić information content (AvgIpc) is 2.86. The molecule has 2 fully saturated rings. The van der Waals surface area contributed by atoms with Gasteiger partial charge in [-0.05, 0) is 31.1 Å². The Morgan fingerprint density at radius 3 is 2.88 bits per heavy atom. The van der Waals surface area contributed by atoms with E-state index in [-0.39, 0.29) is 6.04 Å². The van der Waals surface area contributed by atoms with Gasteiger partial charge in [0.2, 0.25) is 5.91 Å². The molecular formula is C14H26N2O. The molecule has 1 saturated heterocycles. The average molecular weight is 238 g/mol. The van der Waals surface area contributed by atoms with Crippen LogP contribution in [0.4, 0.5) is 0 Å². The maximum atomic E-state index is 12.1. The first-order valence-corrected chi connectivity index (χ1v) is 7.23. The third-order valence-corrected chi connectivity index (χ3v) is 4.27. The maximum absolute atomic E-state index is 12.1. The molecule has 17 heavy (non-hydrogen) atoms. The largest absolute Gasteiger partial charge is 0.328 e. The lowest BCUT2D eigenvalue weighted by atomic mass is 10.1. The summed E-state index contributed by atoms with van der Waals surface area (Å²) in [5.74, 6) is 1.96. The molecule has 1 aliphatic heterocycles. The molecule has 3 heteroatoms. The van der Waals surface area contributed by atoms with Crippen LogP contribution in [0.5, 0.6) is 0 Å². The highest BCUT2D eigenvalue weighted by Crippen LogP contribution is 2.31. The summed E-state index contributed by atoms with van der Waals surface area (Å²) in [6.45, 7) is 6.27. The van der Waals surface area contributed by atoms with Crippen molar-refractivity contribution in [2.24, 2.45) is 11.8 Å². The molecule has 1 saturated carbocycles. The van der Waals surface area contributed by atoms with E-state index in [1.165, 1.54) is 25.7 Å². The van der Waals surface area contributed by atoms with E-state index in [2.05, 4.69) is 19.2 Å². The highest BCUT2D eigenvalue weighted by atomic mass is 16.2. The van der Waals surface area contributed by atoms with Gasteiger partial charge in [0.25, 0.3) is 0 Å². The topological polar surface area (TPSA) is 32.3 Å². The van der Waals surface area contributed by atoms with Gasteiger partial charge >= 0.3 is 0 Å². The van der Waals surface area contributed by atoms with E-state index in [1.807, 2.05) is 4.90 Å². The van der Waals surface area contributed by atoms with Crippen molar-refractivity contribution in [2.75, 3.05) is 13.2 Å². The molecule has 0 aromatic carbocycles. The van der Waals surface area contributed by atoms with Crippen LogP contribution in [0.1, 0.15) is 52.4 Å². The summed E-state index contributed by atoms with van der Waals surface area (Å²) >= 11 is 0. The van der Waals surface area contributed by atoms with Crippen molar-refractivity contribution in [2.45, 2.75) is 58.4 Å². The molecule has 1 heterocycles. The van der Waals surface area contributed by atoms with Crippen LogP contribution in [-0.4, -0.2) is 30.1 Å². The Labute approximate surface area is 105 Å². The summed E-state index contributed by atoms with van der Waals surface area (Å²) in [6.07, 6.45) is 7.30. The van der Waals surface area contributed by atoms with Gasteiger partial charge in [0.15, 0.2) is 0 Å². The molecule has 1 aliphatic carbocycles. The second-order valence-corrected chi connectivity index (χ2v) is 5.90. The molecule has 98 valence electrons. The van der Waals surface area contributed by atoms with Gasteiger partial charge in [-0.25, -0.2) is 0 Å². The van der Waals surface area contributed by atoms with E-state index >= 15 is 0 Å². The number of unbranched alkanes of at least 4 members (excludes halogenated alkanes) is 1. The zero-order chi connectivity index (χ0) is 12.3. The Morgan fingerprint density at radius 2 is 2.24 bits per heavy atom. The molecule has 0 aromatic heterocycles. The van der Waals surface area contributed by atoms with Crippen LogP contribution in [0.25, 0.3) is 0 Å². The summed E-state index contributed by atoms with van der Waals surface area (Å²) in [6, 6.07) is 0.105. The first-order chi connectivity index (χ1) is 8.20. The normalized spacial score (nSPS) is 33.6. The predicted molar refractivity (Wildman–Crippen MR) is 69.5 cm³/mol. The molecule has 0 radical (unpaired) electrons. The second-order valence-electron chi connectivity index (χ2n) is 5.90. The number of hydrogen-bond donors (Lipinski definition) is 1. The Kier molecular flexibility index (Phi) is 4.43. The van der Waals surface area contributed by atoms with Crippen LogP contribution in [0.3, 0.4) is 0 Å². The van der Waals surface area contributed by atoms with Crippen molar-refractivity contribution in [3.63, 3.8) is 0 Å². The van der Waals surface area contributed by atoms with E-state index in [9.17, 15) is 4.79 Å². The van der Waals surface area contributed by atoms with Crippen molar-refractivity contribution < 1.29 is 4.79 Å². The van der Waals surface area contributed by atoms with Gasteiger partial charge in [-0.15, -0.1) is 0 Å². The lowest BCUT2D eigenvalue weighted by molar-refractivity contribution is -0.129. The highest BCUT2D eigenvalue weighted by molar-refractivity contribution is 5.83. The monoisotopic (exact) mass is 238 g/mol. The molecule has 3 atom stereocenters. The van der Waals surface area contributed by atoms with Crippen molar-refractivity contribution >= 4 is 5.91 Å². The first-order valence-electron chi connectivity index (χ1n) is 7.23. The molecule has 3 unspecified atom stereocenters. The molecule has 0 spiro atoms. The third-order valence-electron chi connectivity index (χ3n) is 4.27. The highest BCUT2D eigenvalue weighted by Gasteiger charge is 2.33. The SMILES string of the molecule is CCCCC1NCN(CC2CCC(C)C2)C1=O. The summed E-state index contributed by atoms with van der Waals surface area (Å²) in [5.41, 5.74) is 0. The summed E-state index contributed by atoms with van der Waals surface area (Å²) in [4.78, 5) is 14.2. The molecule has 2 rings (SSSR count). The summed E-state index contributed by atoms with van der Waals surface area (Å²) < 4.78 is 0. The third kappa shape index (κ3) is 3.21. The lowest BCUT2D eigenvalue weighted by Gasteiger charge is -2.20. The summed E-state index contributed by atoms with van der Waals surface area (Å²) in [7, 11) is 0. The number of hydrogen-bond acceptors (Lipinski definition) is 2. The van der Waals surface area contributed by atoms with Gasteiger partial charge in [0.05, 0.1) is 12.7 Å². The van der Waals surface area contributed by atoms with Gasteiger partial charge in [0.1, 0.15) is 0 Å². The summed E-state index contributed by atoms with van der Waals surface area (Å²) in [5, 5.41) is 3.35. The molecule has 0 aromatic rings. The molecular weight excluding hydrogens is 212 g/mol. The standard InChI is InChI=1S/C14H26N2O/c1-3-4-5-13-14(17)16(10-15-13)9-12-7-6-11(2)8-12/h11-13,15H,3-10H2,1-2H3. The Hall–Kier alpha value is -0.570. The predicted octanol–water partition coefficient (Wildman–Crippen LogP) is 2.37. The van der Waals surface area contributed by atoms with Crippen LogP contribution >= 0.6 is 0 Å². The van der Waals surface area contributed by atoms with E-state index in [0.29, 0.717) is 5.91 Å². The number of carbonyl (C=O) groups is 1. The van der Waals surface area contributed by atoms with E-state index < -0.39 is 0 Å². The minimum Gasteiger partial charge on any atom is -0.328 e. The fourth-order valence-electron chi connectivity index (χ4n) is 3.20.